The summed E-state index contributed by atoms with van der Waals surface area (Å²) in [4.78, 5) is 25.0. The van der Waals surface area contributed by atoms with Gasteiger partial charge in [-0.2, -0.15) is 0 Å². The first-order valence-corrected chi connectivity index (χ1v) is 8.11. The molecule has 0 radical (unpaired) electrons. The Balaban J connectivity index is 1.90. The molecule has 0 bridgehead atoms. The van der Waals surface area contributed by atoms with E-state index in [1.807, 2.05) is 0 Å². The van der Waals surface area contributed by atoms with E-state index < -0.39 is 23.7 Å². The molecule has 3 aliphatic rings. The van der Waals surface area contributed by atoms with Crippen LogP contribution in [0.15, 0.2) is 23.7 Å². The lowest BCUT2D eigenvalue weighted by Crippen LogP contribution is -2.36. The monoisotopic (exact) mass is 362 g/mol. The molecule has 26 heavy (non-hydrogen) atoms. The van der Waals surface area contributed by atoms with E-state index in [2.05, 4.69) is 0 Å². The minimum Gasteiger partial charge on any atom is -0.493 e. The maximum Gasteiger partial charge on any atom is 0.310 e. The summed E-state index contributed by atoms with van der Waals surface area (Å²) in [5.41, 5.74) is 0.693. The van der Waals surface area contributed by atoms with Gasteiger partial charge in [-0.15, -0.1) is 0 Å². The van der Waals surface area contributed by atoms with Crippen molar-refractivity contribution in [3.05, 3.63) is 29.2 Å². The molecule has 2 aliphatic heterocycles. The van der Waals surface area contributed by atoms with Gasteiger partial charge in [-0.05, 0) is 17.7 Å². The molecule has 0 saturated carbocycles. The standard InChI is InChI=1S/C18H18O8/c1-21-10-4-8(5-11(22-2)15(10)23-3)12-13-9(6-24-18(13)20)14(19)17-16(12)25-7-26-17/h4-5,9,12-13H,6-7H2,1-3H3. The van der Waals surface area contributed by atoms with E-state index in [1.54, 1.807) is 12.1 Å². The van der Waals surface area contributed by atoms with Gasteiger partial charge in [-0.25, -0.2) is 0 Å². The SMILES string of the molecule is COc1cc(C2C3=C(OCO3)C(=O)C3COC(=O)C32)cc(OC)c1OC. The lowest BCUT2D eigenvalue weighted by Gasteiger charge is -2.29. The predicted octanol–water partition coefficient (Wildman–Crippen LogP) is 1.38. The highest BCUT2D eigenvalue weighted by Gasteiger charge is 2.56. The van der Waals surface area contributed by atoms with Crippen LogP contribution < -0.4 is 14.2 Å². The van der Waals surface area contributed by atoms with Crippen LogP contribution in [0.2, 0.25) is 0 Å². The summed E-state index contributed by atoms with van der Waals surface area (Å²) in [5.74, 6) is -0.620. The number of rotatable bonds is 4. The highest BCUT2D eigenvalue weighted by Crippen LogP contribution is 2.51. The fourth-order valence-corrected chi connectivity index (χ4v) is 3.83. The molecular formula is C18H18O8. The normalized spacial score (nSPS) is 26.5. The molecule has 1 aromatic rings. The minimum atomic E-state index is -0.675. The molecule has 0 spiro atoms. The van der Waals surface area contributed by atoms with Crippen LogP contribution in [-0.2, 0) is 23.8 Å². The Morgan fingerprint density at radius 3 is 2.27 bits per heavy atom. The number of cyclic esters (lactones) is 1. The molecule has 1 aromatic carbocycles. The third-order valence-corrected chi connectivity index (χ3v) is 5.00. The van der Waals surface area contributed by atoms with E-state index in [4.69, 9.17) is 28.4 Å². The number of ether oxygens (including phenoxy) is 6. The van der Waals surface area contributed by atoms with Gasteiger partial charge in [-0.1, -0.05) is 0 Å². The van der Waals surface area contributed by atoms with Gasteiger partial charge in [0.15, 0.2) is 17.3 Å². The van der Waals surface area contributed by atoms with Crippen molar-refractivity contribution >= 4 is 11.8 Å². The van der Waals surface area contributed by atoms with Crippen LogP contribution in [0.3, 0.4) is 0 Å². The van der Waals surface area contributed by atoms with Gasteiger partial charge in [0.2, 0.25) is 24.1 Å². The Kier molecular flexibility index (Phi) is 3.90. The maximum atomic E-state index is 12.6. The zero-order chi connectivity index (χ0) is 18.4. The lowest BCUT2D eigenvalue weighted by atomic mass is 9.72. The van der Waals surface area contributed by atoms with Crippen LogP contribution in [0.1, 0.15) is 11.5 Å². The van der Waals surface area contributed by atoms with E-state index in [0.29, 0.717) is 28.6 Å². The number of Topliss-reactive ketones (excluding diaryl/α,β-unsaturated/α-hetero) is 1. The van der Waals surface area contributed by atoms with Crippen LogP contribution in [-0.4, -0.2) is 46.5 Å². The predicted molar refractivity (Wildman–Crippen MR) is 85.8 cm³/mol. The Bertz CT molecular complexity index is 786. The number of esters is 1. The van der Waals surface area contributed by atoms with E-state index in [9.17, 15) is 9.59 Å². The molecule has 3 unspecified atom stereocenters. The van der Waals surface area contributed by atoms with Crippen LogP contribution in [0, 0.1) is 11.8 Å². The summed E-state index contributed by atoms with van der Waals surface area (Å²) in [5, 5.41) is 0. The minimum absolute atomic E-state index is 0.0450. The Labute approximate surface area is 149 Å². The van der Waals surface area contributed by atoms with E-state index in [0.717, 1.165) is 0 Å². The fraction of sp³-hybridized carbons (Fsp3) is 0.444. The van der Waals surface area contributed by atoms with Crippen LogP contribution >= 0.6 is 0 Å². The van der Waals surface area contributed by atoms with Gasteiger partial charge in [0.05, 0.1) is 39.1 Å². The number of carbonyl (C=O) groups is 2. The Hall–Kier alpha value is -2.90. The van der Waals surface area contributed by atoms with Gasteiger partial charge in [0, 0.05) is 0 Å². The molecule has 8 nitrogen and oxygen atoms in total. The zero-order valence-electron chi connectivity index (χ0n) is 14.6. The Morgan fingerprint density at radius 2 is 1.65 bits per heavy atom. The molecule has 138 valence electrons. The summed E-state index contributed by atoms with van der Waals surface area (Å²) >= 11 is 0. The highest BCUT2D eigenvalue weighted by molar-refractivity contribution is 6.02. The van der Waals surface area contributed by atoms with Crippen molar-refractivity contribution in [1.29, 1.82) is 0 Å². The number of carbonyl (C=O) groups excluding carboxylic acids is 2. The van der Waals surface area contributed by atoms with Gasteiger partial charge in [0.25, 0.3) is 0 Å². The van der Waals surface area contributed by atoms with Crippen LogP contribution in [0.4, 0.5) is 0 Å². The number of benzene rings is 1. The third-order valence-electron chi connectivity index (χ3n) is 5.00. The van der Waals surface area contributed by atoms with Gasteiger partial charge in [-0.3, -0.25) is 9.59 Å². The zero-order valence-corrected chi connectivity index (χ0v) is 14.6. The van der Waals surface area contributed by atoms with Gasteiger partial charge < -0.3 is 28.4 Å². The molecular weight excluding hydrogens is 344 g/mol. The molecule has 3 atom stereocenters. The number of hydrogen-bond donors (Lipinski definition) is 0. The van der Waals surface area contributed by atoms with Crippen molar-refractivity contribution in [3.63, 3.8) is 0 Å². The fourth-order valence-electron chi connectivity index (χ4n) is 3.83. The average molecular weight is 362 g/mol. The summed E-state index contributed by atoms with van der Waals surface area (Å²) in [6, 6.07) is 3.49. The first-order chi connectivity index (χ1) is 12.6. The number of methoxy groups -OCH3 is 3. The molecule has 4 rings (SSSR count). The number of hydrogen-bond acceptors (Lipinski definition) is 8. The van der Waals surface area contributed by atoms with E-state index >= 15 is 0 Å². The molecule has 1 aliphatic carbocycles. The van der Waals surface area contributed by atoms with Crippen molar-refractivity contribution in [2.24, 2.45) is 11.8 Å². The molecule has 0 amide bonds. The second-order valence-electron chi connectivity index (χ2n) is 6.16. The topological polar surface area (TPSA) is 89.5 Å². The number of ketones is 1. The second-order valence-corrected chi connectivity index (χ2v) is 6.16. The molecule has 1 fully saturated rings. The number of fused-ring (bicyclic) bond motifs is 1. The van der Waals surface area contributed by atoms with E-state index in [1.165, 1.54) is 21.3 Å². The first kappa shape index (κ1) is 16.6. The molecule has 0 aromatic heterocycles. The third kappa shape index (κ3) is 2.21. The summed E-state index contributed by atoms with van der Waals surface area (Å²) in [6.45, 7) is -0.00475. The second kappa shape index (κ2) is 6.12. The van der Waals surface area contributed by atoms with Crippen LogP contribution in [0.25, 0.3) is 0 Å². The van der Waals surface area contributed by atoms with Crippen molar-refractivity contribution in [2.45, 2.75) is 5.92 Å². The van der Waals surface area contributed by atoms with Crippen molar-refractivity contribution < 1.29 is 38.0 Å². The average Bonchev–Trinajstić information content (AvgIpc) is 3.29. The summed E-state index contributed by atoms with van der Waals surface area (Å²) in [7, 11) is 4.54. The molecule has 0 N–H and O–H groups in total. The molecule has 2 heterocycles. The summed E-state index contributed by atoms with van der Waals surface area (Å²) in [6.07, 6.45) is 0. The largest absolute Gasteiger partial charge is 0.493 e. The van der Waals surface area contributed by atoms with Crippen molar-refractivity contribution in [2.75, 3.05) is 34.7 Å². The van der Waals surface area contributed by atoms with Crippen molar-refractivity contribution in [3.8, 4) is 17.2 Å². The number of allylic oxidation sites excluding steroid dienone is 2. The highest BCUT2D eigenvalue weighted by atomic mass is 16.7. The van der Waals surface area contributed by atoms with E-state index in [-0.39, 0.29) is 24.9 Å². The molecule has 8 heteroatoms. The smallest absolute Gasteiger partial charge is 0.310 e. The maximum absolute atomic E-state index is 12.6. The van der Waals surface area contributed by atoms with Gasteiger partial charge in [0.1, 0.15) is 6.61 Å². The lowest BCUT2D eigenvalue weighted by molar-refractivity contribution is -0.142. The summed E-state index contributed by atoms with van der Waals surface area (Å²) < 4.78 is 32.3. The first-order valence-electron chi connectivity index (χ1n) is 8.11. The molecule has 1 saturated heterocycles. The quantitative estimate of drug-likeness (QED) is 0.742. The Morgan fingerprint density at radius 1 is 0.962 bits per heavy atom. The van der Waals surface area contributed by atoms with Crippen LogP contribution in [0.5, 0.6) is 17.2 Å². The van der Waals surface area contributed by atoms with Gasteiger partial charge >= 0.3 is 5.97 Å². The van der Waals surface area contributed by atoms with Crippen molar-refractivity contribution in [1.82, 2.24) is 0 Å².